The second-order valence-electron chi connectivity index (χ2n) is 5.50. The van der Waals surface area contributed by atoms with Crippen LogP contribution in [0.2, 0.25) is 0 Å². The largest absolute Gasteiger partial charge is 0.214 e. The van der Waals surface area contributed by atoms with E-state index in [0.29, 0.717) is 22.4 Å². The minimum Gasteiger partial charge on any atom is -0.207 e. The monoisotopic (exact) mass is 328 g/mol. The molecule has 0 aliphatic heterocycles. The number of tetrazole rings is 1. The Morgan fingerprint density at radius 1 is 1.09 bits per heavy atom. The van der Waals surface area contributed by atoms with E-state index in [9.17, 15) is 4.39 Å². The molecule has 23 heavy (non-hydrogen) atoms. The van der Waals surface area contributed by atoms with Gasteiger partial charge in [0.15, 0.2) is 0 Å². The van der Waals surface area contributed by atoms with Crippen LogP contribution in [0.25, 0.3) is 5.69 Å². The van der Waals surface area contributed by atoms with Gasteiger partial charge in [0, 0.05) is 5.75 Å². The molecule has 0 fully saturated rings. The van der Waals surface area contributed by atoms with Crippen molar-refractivity contribution in [3.63, 3.8) is 0 Å². The number of nitrogens with zero attached hydrogens (tertiary/aromatic N) is 4. The zero-order chi connectivity index (χ0) is 16.2. The van der Waals surface area contributed by atoms with Crippen molar-refractivity contribution in [1.29, 1.82) is 0 Å². The highest BCUT2D eigenvalue weighted by atomic mass is 32.2. The number of benzene rings is 2. The van der Waals surface area contributed by atoms with Gasteiger partial charge >= 0.3 is 0 Å². The molecule has 0 saturated heterocycles. The van der Waals surface area contributed by atoms with Crippen molar-refractivity contribution in [3.8, 4) is 5.69 Å². The van der Waals surface area contributed by atoms with Crippen LogP contribution < -0.4 is 0 Å². The van der Waals surface area contributed by atoms with Gasteiger partial charge < -0.3 is 0 Å². The van der Waals surface area contributed by atoms with Gasteiger partial charge in [0.2, 0.25) is 5.16 Å². The molecule has 0 aliphatic carbocycles. The van der Waals surface area contributed by atoms with E-state index in [1.807, 2.05) is 18.2 Å². The maximum absolute atomic E-state index is 13.7. The van der Waals surface area contributed by atoms with Crippen LogP contribution in [0.3, 0.4) is 0 Å². The number of hydrogen-bond donors (Lipinski definition) is 0. The molecule has 0 saturated carbocycles. The number of hydrogen-bond acceptors (Lipinski definition) is 4. The Morgan fingerprint density at radius 3 is 2.52 bits per heavy atom. The molecule has 0 aliphatic rings. The fraction of sp³-hybridized carbons (Fsp3) is 0.235. The molecule has 0 spiro atoms. The van der Waals surface area contributed by atoms with E-state index in [1.165, 1.54) is 23.4 Å². The zero-order valence-electron chi connectivity index (χ0n) is 13.0. The Hall–Kier alpha value is -2.21. The van der Waals surface area contributed by atoms with E-state index in [2.05, 4.69) is 41.5 Å². The summed E-state index contributed by atoms with van der Waals surface area (Å²) in [5.41, 5.74) is 2.81. The summed E-state index contributed by atoms with van der Waals surface area (Å²) < 4.78 is 15.4. The molecule has 4 nitrogen and oxygen atoms in total. The minimum atomic E-state index is -0.208. The topological polar surface area (TPSA) is 43.6 Å². The number of thioether (sulfide) groups is 1. The molecule has 1 aromatic heterocycles. The molecular weight excluding hydrogens is 311 g/mol. The molecule has 3 rings (SSSR count). The average molecular weight is 328 g/mol. The van der Waals surface area contributed by atoms with Gasteiger partial charge in [-0.25, -0.2) is 4.39 Å². The molecule has 1 heterocycles. The molecule has 0 N–H and O–H groups in total. The average Bonchev–Trinajstić information content (AvgIpc) is 3.02. The molecule has 2 aromatic carbocycles. The molecule has 6 heteroatoms. The Labute approximate surface area is 138 Å². The lowest BCUT2D eigenvalue weighted by Crippen LogP contribution is -2.00. The Balaban J connectivity index is 1.78. The molecule has 0 atom stereocenters. The van der Waals surface area contributed by atoms with Crippen molar-refractivity contribution in [3.05, 3.63) is 65.5 Å². The van der Waals surface area contributed by atoms with Gasteiger partial charge in [0.05, 0.1) is 5.69 Å². The molecule has 0 bridgehead atoms. The van der Waals surface area contributed by atoms with Crippen LogP contribution in [0.1, 0.15) is 30.9 Å². The third-order valence-corrected chi connectivity index (χ3v) is 4.53. The number of halogens is 1. The third-order valence-electron chi connectivity index (χ3n) is 3.56. The summed E-state index contributed by atoms with van der Waals surface area (Å²) in [4.78, 5) is 0. The van der Waals surface area contributed by atoms with E-state index in [0.717, 1.165) is 5.69 Å². The van der Waals surface area contributed by atoms with E-state index in [-0.39, 0.29) is 5.82 Å². The molecule has 0 amide bonds. The van der Waals surface area contributed by atoms with Gasteiger partial charge in [0.25, 0.3) is 0 Å². The summed E-state index contributed by atoms with van der Waals surface area (Å²) in [5.74, 6) is 0.755. The Morgan fingerprint density at radius 2 is 1.83 bits per heavy atom. The molecule has 0 radical (unpaired) electrons. The minimum absolute atomic E-state index is 0.208. The smallest absolute Gasteiger partial charge is 0.207 e. The quantitative estimate of drug-likeness (QED) is 0.658. The van der Waals surface area contributed by atoms with Crippen LogP contribution in [-0.4, -0.2) is 20.2 Å². The highest BCUT2D eigenvalue weighted by Gasteiger charge is 2.11. The summed E-state index contributed by atoms with van der Waals surface area (Å²) in [6.07, 6.45) is 0. The van der Waals surface area contributed by atoms with Crippen molar-refractivity contribution in [2.24, 2.45) is 0 Å². The van der Waals surface area contributed by atoms with Crippen molar-refractivity contribution in [2.45, 2.75) is 30.7 Å². The first-order chi connectivity index (χ1) is 11.1. The normalized spacial score (nSPS) is 11.1. The van der Waals surface area contributed by atoms with E-state index >= 15 is 0 Å². The number of aromatic nitrogens is 4. The first-order valence-electron chi connectivity index (χ1n) is 7.40. The molecule has 3 aromatic rings. The maximum Gasteiger partial charge on any atom is 0.214 e. The van der Waals surface area contributed by atoms with Crippen molar-refractivity contribution in [2.75, 3.05) is 0 Å². The second-order valence-corrected chi connectivity index (χ2v) is 6.44. The van der Waals surface area contributed by atoms with Gasteiger partial charge in [-0.2, -0.15) is 4.68 Å². The van der Waals surface area contributed by atoms with E-state index in [4.69, 9.17) is 0 Å². The maximum atomic E-state index is 13.7. The van der Waals surface area contributed by atoms with Crippen molar-refractivity contribution >= 4 is 11.8 Å². The summed E-state index contributed by atoms with van der Waals surface area (Å²) in [6, 6.07) is 14.9. The lowest BCUT2D eigenvalue weighted by atomic mass is 10.0. The summed E-state index contributed by atoms with van der Waals surface area (Å²) >= 11 is 1.41. The standard InChI is InChI=1S/C17H17FN4S/c1-12(2)13-7-9-15(10-8-13)22-17(19-20-21-22)23-11-14-5-3-4-6-16(14)18/h3-10,12H,11H2,1-2H3. The first-order valence-corrected chi connectivity index (χ1v) is 8.38. The van der Waals surface area contributed by atoms with Crippen molar-refractivity contribution in [1.82, 2.24) is 20.2 Å². The predicted molar refractivity (Wildman–Crippen MR) is 89.2 cm³/mol. The lowest BCUT2D eigenvalue weighted by Gasteiger charge is -2.08. The zero-order valence-corrected chi connectivity index (χ0v) is 13.8. The first kappa shape index (κ1) is 15.7. The fourth-order valence-electron chi connectivity index (χ4n) is 2.19. The highest BCUT2D eigenvalue weighted by Crippen LogP contribution is 2.24. The van der Waals surface area contributed by atoms with Gasteiger partial charge in [-0.15, -0.1) is 5.10 Å². The van der Waals surface area contributed by atoms with E-state index in [1.54, 1.807) is 16.8 Å². The van der Waals surface area contributed by atoms with Gasteiger partial charge in [-0.1, -0.05) is 55.9 Å². The summed E-state index contributed by atoms with van der Waals surface area (Å²) in [6.45, 7) is 4.31. The second kappa shape index (κ2) is 6.91. The SMILES string of the molecule is CC(C)c1ccc(-n2nnnc2SCc2ccccc2F)cc1. The summed E-state index contributed by atoms with van der Waals surface area (Å²) in [7, 11) is 0. The van der Waals surface area contributed by atoms with Gasteiger partial charge in [0.1, 0.15) is 5.82 Å². The van der Waals surface area contributed by atoms with Crippen LogP contribution >= 0.6 is 11.8 Å². The van der Waals surface area contributed by atoms with Crippen LogP contribution in [0.15, 0.2) is 53.7 Å². The number of rotatable bonds is 5. The van der Waals surface area contributed by atoms with Gasteiger partial charge in [-0.05, 0) is 45.7 Å². The molecular formula is C17H17FN4S. The Bertz CT molecular complexity index is 783. The van der Waals surface area contributed by atoms with E-state index < -0.39 is 0 Å². The summed E-state index contributed by atoms with van der Waals surface area (Å²) in [5, 5.41) is 12.5. The predicted octanol–water partition coefficient (Wildman–Crippen LogP) is 4.22. The van der Waals surface area contributed by atoms with Crippen LogP contribution in [0.5, 0.6) is 0 Å². The fourth-order valence-corrected chi connectivity index (χ4v) is 3.07. The molecule has 0 unspecified atom stereocenters. The third kappa shape index (κ3) is 3.59. The lowest BCUT2D eigenvalue weighted by molar-refractivity contribution is 0.617. The molecule has 118 valence electrons. The van der Waals surface area contributed by atoms with Crippen LogP contribution in [-0.2, 0) is 5.75 Å². The van der Waals surface area contributed by atoms with Crippen LogP contribution in [0.4, 0.5) is 4.39 Å². The van der Waals surface area contributed by atoms with Gasteiger partial charge in [-0.3, -0.25) is 0 Å². The van der Waals surface area contributed by atoms with Crippen molar-refractivity contribution < 1.29 is 4.39 Å². The Kier molecular flexibility index (Phi) is 4.71. The van der Waals surface area contributed by atoms with Crippen LogP contribution in [0, 0.1) is 5.82 Å². The highest BCUT2D eigenvalue weighted by molar-refractivity contribution is 7.98.